The average Bonchev–Trinajstić information content (AvgIpc) is 3.17. The van der Waals surface area contributed by atoms with E-state index in [1.165, 1.54) is 17.0 Å². The van der Waals surface area contributed by atoms with Gasteiger partial charge in [-0.15, -0.1) is 0 Å². The maximum absolute atomic E-state index is 13.6. The summed E-state index contributed by atoms with van der Waals surface area (Å²) in [4.78, 5) is 21.7. The highest BCUT2D eigenvalue weighted by atomic mass is 19.1. The number of fused-ring (bicyclic) bond motifs is 1. The SMILES string of the molecule is CN1CCN(c2cccc3c2ncn3C(=O)NCC#Cc2ccccc2F)CC1. The molecule has 1 amide bonds. The summed E-state index contributed by atoms with van der Waals surface area (Å²) in [6.07, 6.45) is 1.53. The van der Waals surface area contributed by atoms with Crippen LogP contribution in [0.5, 0.6) is 0 Å². The highest BCUT2D eigenvalue weighted by molar-refractivity contribution is 5.95. The van der Waals surface area contributed by atoms with E-state index in [2.05, 4.69) is 39.0 Å². The highest BCUT2D eigenvalue weighted by Gasteiger charge is 2.19. The first-order chi connectivity index (χ1) is 14.1. The van der Waals surface area contributed by atoms with E-state index < -0.39 is 0 Å². The third kappa shape index (κ3) is 4.08. The zero-order chi connectivity index (χ0) is 20.2. The maximum atomic E-state index is 13.6. The maximum Gasteiger partial charge on any atom is 0.328 e. The Bertz CT molecular complexity index is 1090. The number of anilines is 1. The van der Waals surface area contributed by atoms with Crippen LogP contribution in [0.2, 0.25) is 0 Å². The van der Waals surface area contributed by atoms with Crippen molar-refractivity contribution in [2.75, 3.05) is 44.7 Å². The molecule has 0 spiro atoms. The smallest absolute Gasteiger partial charge is 0.328 e. The van der Waals surface area contributed by atoms with Crippen LogP contribution in [0, 0.1) is 17.7 Å². The molecule has 0 atom stereocenters. The minimum atomic E-state index is -0.372. The fourth-order valence-corrected chi connectivity index (χ4v) is 3.40. The van der Waals surface area contributed by atoms with Crippen molar-refractivity contribution in [1.82, 2.24) is 19.8 Å². The number of piperazine rings is 1. The first-order valence-corrected chi connectivity index (χ1v) is 9.54. The van der Waals surface area contributed by atoms with Crippen molar-refractivity contribution < 1.29 is 9.18 Å². The largest absolute Gasteiger partial charge is 0.367 e. The lowest BCUT2D eigenvalue weighted by Crippen LogP contribution is -2.44. The van der Waals surface area contributed by atoms with Crippen LogP contribution >= 0.6 is 0 Å². The highest BCUT2D eigenvalue weighted by Crippen LogP contribution is 2.26. The molecule has 1 saturated heterocycles. The van der Waals surface area contributed by atoms with E-state index in [1.807, 2.05) is 18.2 Å². The molecule has 2 aromatic carbocycles. The van der Waals surface area contributed by atoms with Gasteiger partial charge in [0, 0.05) is 26.2 Å². The number of aromatic nitrogens is 2. The number of amides is 1. The molecule has 1 N–H and O–H groups in total. The molecule has 1 aliphatic heterocycles. The van der Waals surface area contributed by atoms with E-state index in [0.29, 0.717) is 5.56 Å². The van der Waals surface area contributed by atoms with Crippen molar-refractivity contribution in [2.24, 2.45) is 0 Å². The number of hydrogen-bond donors (Lipinski definition) is 1. The number of halogens is 1. The van der Waals surface area contributed by atoms with Crippen LogP contribution in [0.15, 0.2) is 48.8 Å². The topological polar surface area (TPSA) is 53.4 Å². The van der Waals surface area contributed by atoms with Gasteiger partial charge < -0.3 is 15.1 Å². The van der Waals surface area contributed by atoms with E-state index in [9.17, 15) is 9.18 Å². The number of rotatable bonds is 2. The monoisotopic (exact) mass is 391 g/mol. The molecule has 0 aliphatic carbocycles. The second kappa shape index (κ2) is 8.33. The minimum Gasteiger partial charge on any atom is -0.367 e. The van der Waals surface area contributed by atoms with Crippen LogP contribution in [0.25, 0.3) is 11.0 Å². The van der Waals surface area contributed by atoms with Gasteiger partial charge in [-0.25, -0.2) is 14.2 Å². The molecule has 1 aliphatic rings. The van der Waals surface area contributed by atoms with Crippen LogP contribution in [0.3, 0.4) is 0 Å². The minimum absolute atomic E-state index is 0.116. The van der Waals surface area contributed by atoms with Gasteiger partial charge in [0.25, 0.3) is 0 Å². The zero-order valence-electron chi connectivity index (χ0n) is 16.2. The number of para-hydroxylation sites is 1. The molecule has 148 valence electrons. The lowest BCUT2D eigenvalue weighted by atomic mass is 10.2. The Morgan fingerprint density at radius 3 is 2.72 bits per heavy atom. The molecule has 3 aromatic rings. The number of carbonyl (C=O) groups is 1. The third-order valence-electron chi connectivity index (χ3n) is 5.04. The Morgan fingerprint density at radius 2 is 1.93 bits per heavy atom. The van der Waals surface area contributed by atoms with Crippen molar-refractivity contribution in [1.29, 1.82) is 0 Å². The molecular weight excluding hydrogens is 369 g/mol. The van der Waals surface area contributed by atoms with E-state index in [-0.39, 0.29) is 18.4 Å². The summed E-state index contributed by atoms with van der Waals surface area (Å²) in [5.74, 6) is 5.14. The first-order valence-electron chi connectivity index (χ1n) is 9.54. The Kier molecular flexibility index (Phi) is 5.45. The summed E-state index contributed by atoms with van der Waals surface area (Å²) in [6, 6.07) is 11.9. The van der Waals surface area contributed by atoms with Gasteiger partial charge >= 0.3 is 6.03 Å². The summed E-state index contributed by atoms with van der Waals surface area (Å²) < 4.78 is 15.1. The van der Waals surface area contributed by atoms with Crippen molar-refractivity contribution in [3.05, 3.63) is 60.2 Å². The van der Waals surface area contributed by atoms with Gasteiger partial charge in [0.1, 0.15) is 17.7 Å². The number of imidazole rings is 1. The van der Waals surface area contributed by atoms with Crippen LogP contribution < -0.4 is 10.2 Å². The third-order valence-corrected chi connectivity index (χ3v) is 5.04. The van der Waals surface area contributed by atoms with E-state index >= 15 is 0 Å². The Morgan fingerprint density at radius 1 is 1.14 bits per heavy atom. The molecular formula is C22H22FN5O. The van der Waals surface area contributed by atoms with Crippen LogP contribution in [-0.4, -0.2) is 60.3 Å². The van der Waals surface area contributed by atoms with Crippen molar-refractivity contribution in [3.63, 3.8) is 0 Å². The number of likely N-dealkylation sites (N-methyl/N-ethyl adjacent to an activating group) is 1. The van der Waals surface area contributed by atoms with Gasteiger partial charge in [0.2, 0.25) is 0 Å². The van der Waals surface area contributed by atoms with E-state index in [0.717, 1.165) is 42.9 Å². The normalized spacial score (nSPS) is 14.5. The molecule has 6 nitrogen and oxygen atoms in total. The second-order valence-electron chi connectivity index (χ2n) is 6.99. The number of nitrogens with one attached hydrogen (secondary N) is 1. The predicted molar refractivity (Wildman–Crippen MR) is 112 cm³/mol. The lowest BCUT2D eigenvalue weighted by Gasteiger charge is -2.34. The fourth-order valence-electron chi connectivity index (χ4n) is 3.40. The number of carbonyl (C=O) groups excluding carboxylic acids is 1. The van der Waals surface area contributed by atoms with Crippen molar-refractivity contribution in [2.45, 2.75) is 0 Å². The van der Waals surface area contributed by atoms with Gasteiger partial charge in [-0.1, -0.05) is 30.0 Å². The lowest BCUT2D eigenvalue weighted by molar-refractivity contribution is 0.244. The molecule has 4 rings (SSSR count). The van der Waals surface area contributed by atoms with Crippen LogP contribution in [-0.2, 0) is 0 Å². The van der Waals surface area contributed by atoms with E-state index in [4.69, 9.17) is 0 Å². The number of nitrogens with zero attached hydrogens (tertiary/aromatic N) is 4. The molecule has 0 bridgehead atoms. The Balaban J connectivity index is 1.48. The molecule has 1 fully saturated rings. The summed E-state index contributed by atoms with van der Waals surface area (Å²) in [5, 5.41) is 2.74. The molecule has 2 heterocycles. The average molecular weight is 391 g/mol. The van der Waals surface area contributed by atoms with Gasteiger partial charge in [-0.2, -0.15) is 0 Å². The standard InChI is InChI=1S/C22H22FN5O/c1-26-12-14-27(15-13-26)19-9-4-10-20-21(19)25-16-28(20)22(29)24-11-5-7-17-6-2-3-8-18(17)23/h2-4,6,8-10,16H,11-15H2,1H3,(H,24,29). The molecule has 1 aromatic heterocycles. The van der Waals surface area contributed by atoms with Crippen molar-refractivity contribution >= 4 is 22.8 Å². The summed E-state index contributed by atoms with van der Waals surface area (Å²) in [7, 11) is 2.12. The molecule has 0 saturated carbocycles. The van der Waals surface area contributed by atoms with Crippen molar-refractivity contribution in [3.8, 4) is 11.8 Å². The van der Waals surface area contributed by atoms with Crippen LogP contribution in [0.1, 0.15) is 5.56 Å². The first kappa shape index (κ1) is 19.0. The van der Waals surface area contributed by atoms with Gasteiger partial charge in [0.05, 0.1) is 23.3 Å². The quantitative estimate of drug-likeness (QED) is 0.682. The van der Waals surface area contributed by atoms with Crippen LogP contribution in [0.4, 0.5) is 14.9 Å². The predicted octanol–water partition coefficient (Wildman–Crippen LogP) is 2.54. The van der Waals surface area contributed by atoms with E-state index in [1.54, 1.807) is 18.2 Å². The molecule has 7 heteroatoms. The van der Waals surface area contributed by atoms with Gasteiger partial charge in [-0.05, 0) is 31.3 Å². The Labute approximate surface area is 168 Å². The number of hydrogen-bond acceptors (Lipinski definition) is 4. The zero-order valence-corrected chi connectivity index (χ0v) is 16.2. The summed E-state index contributed by atoms with van der Waals surface area (Å²) in [6.45, 7) is 3.97. The Hall–Kier alpha value is -3.37. The van der Waals surface area contributed by atoms with Gasteiger partial charge in [0.15, 0.2) is 0 Å². The summed E-state index contributed by atoms with van der Waals surface area (Å²) in [5.41, 5.74) is 2.92. The number of benzene rings is 2. The summed E-state index contributed by atoms with van der Waals surface area (Å²) >= 11 is 0. The second-order valence-corrected chi connectivity index (χ2v) is 6.99. The molecule has 0 unspecified atom stereocenters. The fraction of sp³-hybridized carbons (Fsp3) is 0.273. The van der Waals surface area contributed by atoms with Gasteiger partial charge in [-0.3, -0.25) is 4.57 Å². The molecule has 0 radical (unpaired) electrons. The molecule has 29 heavy (non-hydrogen) atoms.